The summed E-state index contributed by atoms with van der Waals surface area (Å²) in [6.07, 6.45) is 1.57. The summed E-state index contributed by atoms with van der Waals surface area (Å²) in [4.78, 5) is 16.7. The normalized spacial score (nSPS) is 10.5. The number of amides is 2. The molecule has 0 unspecified atom stereocenters. The van der Waals surface area contributed by atoms with Gasteiger partial charge in [-0.05, 0) is 35.9 Å². The number of anilines is 1. The molecule has 2 amide bonds. The van der Waals surface area contributed by atoms with Gasteiger partial charge in [-0.3, -0.25) is 4.98 Å². The van der Waals surface area contributed by atoms with Crippen molar-refractivity contribution in [2.45, 2.75) is 6.54 Å². The zero-order chi connectivity index (χ0) is 19.4. The summed E-state index contributed by atoms with van der Waals surface area (Å²) in [5, 5.41) is 3.25. The Bertz CT molecular complexity index is 987. The van der Waals surface area contributed by atoms with Crippen molar-refractivity contribution >= 4 is 47.7 Å². The highest BCUT2D eigenvalue weighted by Crippen LogP contribution is 2.33. The molecule has 0 fully saturated rings. The Labute approximate surface area is 171 Å². The third-order valence-corrected chi connectivity index (χ3v) is 5.01. The third kappa shape index (κ3) is 4.35. The zero-order valence-corrected chi connectivity index (χ0v) is 16.3. The van der Waals surface area contributed by atoms with Gasteiger partial charge in [0, 0.05) is 18.3 Å². The van der Waals surface area contributed by atoms with Gasteiger partial charge in [0.25, 0.3) is 0 Å². The van der Waals surface area contributed by atoms with E-state index < -0.39 is 6.03 Å². The van der Waals surface area contributed by atoms with Gasteiger partial charge in [0.05, 0.1) is 21.4 Å². The summed E-state index contributed by atoms with van der Waals surface area (Å²) in [7, 11) is 0. The zero-order valence-electron chi connectivity index (χ0n) is 13.9. The van der Waals surface area contributed by atoms with E-state index in [-0.39, 0.29) is 17.4 Å². The molecule has 0 aliphatic rings. The Balaban J connectivity index is 1.79. The van der Waals surface area contributed by atoms with Crippen LogP contribution < -0.4 is 9.62 Å². The number of nitrogens with one attached hydrogen (secondary N) is 1. The molecule has 0 spiro atoms. The van der Waals surface area contributed by atoms with Gasteiger partial charge < -0.3 is 5.32 Å². The van der Waals surface area contributed by atoms with E-state index in [4.69, 9.17) is 23.2 Å². The van der Waals surface area contributed by atoms with Gasteiger partial charge in [0.15, 0.2) is 0 Å². The van der Waals surface area contributed by atoms with E-state index in [1.165, 1.54) is 6.07 Å². The van der Waals surface area contributed by atoms with Crippen molar-refractivity contribution in [3.05, 3.63) is 82.2 Å². The molecular formula is C19H14Cl2FN3OS. The highest BCUT2D eigenvalue weighted by atomic mass is 35.5. The lowest BCUT2D eigenvalue weighted by molar-refractivity contribution is 0.249. The van der Waals surface area contributed by atoms with E-state index in [1.807, 2.05) is 0 Å². The predicted molar refractivity (Wildman–Crippen MR) is 110 cm³/mol. The van der Waals surface area contributed by atoms with Gasteiger partial charge >= 0.3 is 6.03 Å². The van der Waals surface area contributed by atoms with Gasteiger partial charge in [-0.25, -0.2) is 13.5 Å². The molecule has 4 nitrogen and oxygen atoms in total. The summed E-state index contributed by atoms with van der Waals surface area (Å²) < 4.78 is 15.2. The SMILES string of the molecule is O=C(NCc1cccnc1-c1ccccc1F)N(S)c1cccc(Cl)c1Cl. The fraction of sp³-hybridized carbons (Fsp3) is 0.0526. The Morgan fingerprint density at radius 3 is 2.67 bits per heavy atom. The number of carbonyl (C=O) groups excluding carboxylic acids is 1. The summed E-state index contributed by atoms with van der Waals surface area (Å²) in [6, 6.07) is 14.2. The van der Waals surface area contributed by atoms with Crippen LogP contribution in [-0.2, 0) is 6.54 Å². The maximum absolute atomic E-state index is 14.1. The molecule has 138 valence electrons. The van der Waals surface area contributed by atoms with Crippen LogP contribution in [0.4, 0.5) is 14.9 Å². The van der Waals surface area contributed by atoms with Crippen LogP contribution in [0.25, 0.3) is 11.3 Å². The maximum Gasteiger partial charge on any atom is 0.332 e. The number of rotatable bonds is 4. The van der Waals surface area contributed by atoms with E-state index in [0.717, 1.165) is 4.31 Å². The molecule has 0 aliphatic heterocycles. The van der Waals surface area contributed by atoms with E-state index >= 15 is 0 Å². The monoisotopic (exact) mass is 421 g/mol. The molecule has 2 aromatic carbocycles. The number of benzene rings is 2. The molecule has 3 aromatic rings. The second-order valence-corrected chi connectivity index (χ2v) is 6.72. The van der Waals surface area contributed by atoms with Gasteiger partial charge in [-0.2, -0.15) is 0 Å². The molecule has 27 heavy (non-hydrogen) atoms. The average molecular weight is 422 g/mol. The lowest BCUT2D eigenvalue weighted by Crippen LogP contribution is -2.33. The maximum atomic E-state index is 14.1. The number of thiol groups is 1. The van der Waals surface area contributed by atoms with Crippen LogP contribution >= 0.6 is 36.0 Å². The van der Waals surface area contributed by atoms with Crippen molar-refractivity contribution in [3.63, 3.8) is 0 Å². The summed E-state index contributed by atoms with van der Waals surface area (Å²) in [5.74, 6) is -0.384. The Hall–Kier alpha value is -2.28. The van der Waals surface area contributed by atoms with E-state index in [9.17, 15) is 9.18 Å². The highest BCUT2D eigenvalue weighted by molar-refractivity contribution is 7.82. The number of urea groups is 1. The lowest BCUT2D eigenvalue weighted by Gasteiger charge is -2.19. The highest BCUT2D eigenvalue weighted by Gasteiger charge is 2.17. The van der Waals surface area contributed by atoms with Crippen LogP contribution in [0.2, 0.25) is 10.0 Å². The minimum Gasteiger partial charge on any atom is -0.333 e. The summed E-state index contributed by atoms with van der Waals surface area (Å²) in [6.45, 7) is 0.131. The minimum absolute atomic E-state index is 0.131. The van der Waals surface area contributed by atoms with E-state index in [2.05, 4.69) is 23.1 Å². The van der Waals surface area contributed by atoms with Gasteiger partial charge in [0.1, 0.15) is 5.82 Å². The number of halogens is 3. The first-order valence-corrected chi connectivity index (χ1v) is 9.04. The minimum atomic E-state index is -0.508. The van der Waals surface area contributed by atoms with Crippen molar-refractivity contribution in [3.8, 4) is 11.3 Å². The van der Waals surface area contributed by atoms with Gasteiger partial charge in [0.2, 0.25) is 0 Å². The molecule has 0 saturated carbocycles. The van der Waals surface area contributed by atoms with Crippen molar-refractivity contribution < 1.29 is 9.18 Å². The fourth-order valence-electron chi connectivity index (χ4n) is 2.49. The van der Waals surface area contributed by atoms with Crippen molar-refractivity contribution in [2.75, 3.05) is 4.31 Å². The first-order valence-electron chi connectivity index (χ1n) is 7.88. The molecule has 1 heterocycles. The largest absolute Gasteiger partial charge is 0.333 e. The van der Waals surface area contributed by atoms with Gasteiger partial charge in [-0.15, -0.1) is 0 Å². The van der Waals surface area contributed by atoms with Crippen LogP contribution in [0.3, 0.4) is 0 Å². The summed E-state index contributed by atoms with van der Waals surface area (Å²) in [5.41, 5.74) is 1.84. The lowest BCUT2D eigenvalue weighted by atomic mass is 10.1. The van der Waals surface area contributed by atoms with Crippen LogP contribution in [0, 0.1) is 5.82 Å². The molecule has 3 rings (SSSR count). The number of hydrogen-bond acceptors (Lipinski definition) is 3. The molecule has 1 N–H and O–H groups in total. The Kier molecular flexibility index (Phi) is 6.21. The van der Waals surface area contributed by atoms with Crippen LogP contribution in [0.5, 0.6) is 0 Å². The first-order chi connectivity index (χ1) is 13.0. The van der Waals surface area contributed by atoms with Crippen molar-refractivity contribution in [1.29, 1.82) is 0 Å². The number of aromatic nitrogens is 1. The van der Waals surface area contributed by atoms with Crippen LogP contribution in [0.15, 0.2) is 60.8 Å². The van der Waals surface area contributed by atoms with Gasteiger partial charge in [-0.1, -0.05) is 60.3 Å². The Morgan fingerprint density at radius 2 is 1.89 bits per heavy atom. The van der Waals surface area contributed by atoms with Crippen LogP contribution in [0.1, 0.15) is 5.56 Å². The second kappa shape index (κ2) is 8.61. The number of carbonyl (C=O) groups is 1. The predicted octanol–water partition coefficient (Wildman–Crippen LogP) is 5.76. The standard InChI is InChI=1S/C19H14Cl2FN3OS/c20-14-7-3-9-16(17(14)21)25(27)19(26)24-11-12-5-4-10-23-18(12)13-6-1-2-8-15(13)22/h1-10,27H,11H2,(H,24,26). The molecule has 8 heteroatoms. The molecule has 1 aromatic heterocycles. The number of hydrogen-bond donors (Lipinski definition) is 2. The van der Waals surface area contributed by atoms with Crippen molar-refractivity contribution in [1.82, 2.24) is 10.3 Å². The summed E-state index contributed by atoms with van der Waals surface area (Å²) >= 11 is 16.3. The van der Waals surface area contributed by atoms with E-state index in [1.54, 1.807) is 54.7 Å². The smallest absolute Gasteiger partial charge is 0.332 e. The average Bonchev–Trinajstić information content (AvgIpc) is 2.68. The topological polar surface area (TPSA) is 45.2 Å². The van der Waals surface area contributed by atoms with E-state index in [0.29, 0.717) is 27.5 Å². The second-order valence-electron chi connectivity index (χ2n) is 5.53. The Morgan fingerprint density at radius 1 is 1.11 bits per heavy atom. The first kappa shape index (κ1) is 19.5. The number of pyridine rings is 1. The third-order valence-electron chi connectivity index (χ3n) is 3.80. The molecule has 0 saturated heterocycles. The molecular weight excluding hydrogens is 408 g/mol. The van der Waals surface area contributed by atoms with Crippen LogP contribution in [-0.4, -0.2) is 11.0 Å². The number of nitrogens with zero attached hydrogens (tertiary/aromatic N) is 2. The molecule has 0 aliphatic carbocycles. The molecule has 0 bridgehead atoms. The molecule has 0 atom stereocenters. The molecule has 0 radical (unpaired) electrons. The van der Waals surface area contributed by atoms with Crippen molar-refractivity contribution in [2.24, 2.45) is 0 Å². The quantitative estimate of drug-likeness (QED) is 0.526. The fourth-order valence-corrected chi connectivity index (χ4v) is 3.16.